The van der Waals surface area contributed by atoms with Gasteiger partial charge in [0.1, 0.15) is 0 Å². The Morgan fingerprint density at radius 2 is 0.560 bits per heavy atom. The molecule has 0 N–H and O–H groups in total. The lowest BCUT2D eigenvalue weighted by Crippen LogP contribution is -2.61. The van der Waals surface area contributed by atoms with Crippen LogP contribution in [0.3, 0.4) is 0 Å². The van der Waals surface area contributed by atoms with Crippen molar-refractivity contribution in [2.75, 3.05) is 24.5 Å². The molecule has 4 nitrogen and oxygen atoms in total. The Kier molecular flexibility index (Phi) is 15.7. The summed E-state index contributed by atoms with van der Waals surface area (Å²) in [5.41, 5.74) is 8.74. The molecule has 7 heteroatoms. The number of fused-ring (bicyclic) bond motifs is 4. The van der Waals surface area contributed by atoms with Gasteiger partial charge in [0.05, 0.1) is 38.3 Å². The molecule has 0 aliphatic carbocycles. The van der Waals surface area contributed by atoms with Crippen LogP contribution in [0, 0.1) is 0 Å². The van der Waals surface area contributed by atoms with Crippen molar-refractivity contribution in [3.8, 4) is 0 Å². The minimum absolute atomic E-state index is 0.0179. The van der Waals surface area contributed by atoms with Crippen LogP contribution in [0.15, 0.2) is 218 Å². The summed E-state index contributed by atoms with van der Waals surface area (Å²) in [6.45, 7) is 47.5. The van der Waals surface area contributed by atoms with Crippen LogP contribution < -0.4 is 36.0 Å². The van der Waals surface area contributed by atoms with Crippen LogP contribution in [-0.4, -0.2) is 11.6 Å². The first-order chi connectivity index (χ1) is 53.3. The first-order valence-electron chi connectivity index (χ1n) is 42.7. The molecule has 0 radical (unpaired) electrons. The molecule has 520 valence electrons. The lowest BCUT2D eigenvalue weighted by atomic mass is 9.33. The fraction of sp³-hybridized carbons (Fsp3) is 0.355. The van der Waals surface area contributed by atoms with Crippen molar-refractivity contribution >= 4 is 126 Å². The van der Waals surface area contributed by atoms with Crippen molar-refractivity contribution in [1.82, 2.24) is 0 Å². The number of hydrogen-bond acceptors (Lipinski definition) is 4. The molecule has 2 aliphatic heterocycles. The highest BCUT2D eigenvalue weighted by atomic mass is 127. The second kappa shape index (κ2) is 28.0. The molecule has 0 aromatic heterocycles. The van der Waals surface area contributed by atoms with Crippen LogP contribution in [0.1, 0.15) is 233 Å². The molecule has 0 saturated heterocycles. The molecule has 0 saturated carbocycles. The molecule has 2 aliphatic rings. The zero-order chi connectivity index (χ0) is 87.1. The first kappa shape index (κ1) is 56.1. The highest BCUT2D eigenvalue weighted by molar-refractivity contribution is 14.1. The fourth-order valence-electron chi connectivity index (χ4n) is 12.3. The molecule has 0 fully saturated rings. The average molecular weight is 1470 g/mol. The van der Waals surface area contributed by atoms with E-state index in [0.29, 0.717) is 56.2 Å². The van der Waals surface area contributed by atoms with Crippen LogP contribution >= 0.6 is 34.2 Å². The maximum absolute atomic E-state index is 10.1. The van der Waals surface area contributed by atoms with E-state index in [1.807, 2.05) is 171 Å². The number of anilines is 12. The second-order valence-electron chi connectivity index (χ2n) is 34.6. The van der Waals surface area contributed by atoms with Crippen LogP contribution in [-0.2, 0) is 43.3 Å². The number of rotatable bonds is 8. The molecular weight excluding hydrogens is 1350 g/mol. The maximum Gasteiger partial charge on any atom is 0.252 e. The molecule has 0 amide bonds. The summed E-state index contributed by atoms with van der Waals surface area (Å²) in [6, 6.07) is 36.4. The average Bonchev–Trinajstić information content (AvgIpc) is 0.676. The topological polar surface area (TPSA) is 13.0 Å². The molecule has 10 aromatic rings. The lowest BCUT2D eigenvalue weighted by molar-refractivity contribution is 0.590. The summed E-state index contributed by atoms with van der Waals surface area (Å²) in [6.07, 6.45) is 0. The Morgan fingerprint density at radius 3 is 0.840 bits per heavy atom. The number of alkyl halides is 1. The van der Waals surface area contributed by atoms with E-state index in [9.17, 15) is 16.4 Å². The van der Waals surface area contributed by atoms with Gasteiger partial charge in [-0.15, -0.1) is 0 Å². The lowest BCUT2D eigenvalue weighted by Gasteiger charge is -2.45. The fourth-order valence-corrected chi connectivity index (χ4v) is 12.6. The van der Waals surface area contributed by atoms with Gasteiger partial charge in [-0.3, -0.25) is 0 Å². The highest BCUT2D eigenvalue weighted by Crippen LogP contribution is 2.50. The van der Waals surface area contributed by atoms with E-state index < -0.39 is 28.4 Å². The SMILES string of the molecule is CI.[2H]c1cc(N(c2ccc(C(C)(C)C)cc2)c2c([2H])c([2H])c(C(C)(C)C)c([2H])c2[2H])c(Cl)c(N(c2ccc(C(C)(C)C)cc2)c2c([2H])c([2H])c(C(C)(C)C)c([2H])c2[2H])c1.[2H]c1cc2c3c(c1)N(c1ccc(C(C)(C)C)cc1)c1c([2H])c([2H])c(C(C)(C)C)c([2H])c1B3c1c([2H])c(C(C)(C)C)c([2H])c([2H])c1N2c1ccc(C(C)(C)C)cc1. The van der Waals surface area contributed by atoms with Gasteiger partial charge < -0.3 is 19.6 Å². The smallest absolute Gasteiger partial charge is 0.252 e. The summed E-state index contributed by atoms with van der Waals surface area (Å²) in [7, 11) is 0. The number of halogens is 2. The predicted molar refractivity (Wildman–Crippen MR) is 451 cm³/mol. The monoisotopic (exact) mass is 1470 g/mol. The highest BCUT2D eigenvalue weighted by Gasteiger charge is 2.44. The van der Waals surface area contributed by atoms with Gasteiger partial charge in [0.25, 0.3) is 6.71 Å². The third-order valence-electron chi connectivity index (χ3n) is 18.4. The molecule has 0 bridgehead atoms. The molecule has 0 atom stereocenters. The van der Waals surface area contributed by atoms with Crippen molar-refractivity contribution in [3.63, 3.8) is 0 Å². The number of hydrogen-bond donors (Lipinski definition) is 0. The van der Waals surface area contributed by atoms with E-state index in [1.54, 1.807) is 21.9 Å². The van der Waals surface area contributed by atoms with Crippen molar-refractivity contribution in [2.45, 2.75) is 209 Å². The normalized spacial score (nSPS) is 15.5. The van der Waals surface area contributed by atoms with Gasteiger partial charge in [0.2, 0.25) is 0 Å². The number of benzene rings is 10. The molecule has 100 heavy (non-hydrogen) atoms. The van der Waals surface area contributed by atoms with E-state index >= 15 is 0 Å². The van der Waals surface area contributed by atoms with E-state index in [1.165, 1.54) is 12.1 Å². The van der Waals surface area contributed by atoms with Crippen molar-refractivity contribution in [2.24, 2.45) is 0 Å². The number of nitrogens with zero attached hydrogens (tertiary/aromatic N) is 4. The summed E-state index contributed by atoms with van der Waals surface area (Å²) < 4.78 is 151. The van der Waals surface area contributed by atoms with Gasteiger partial charge in [-0.2, -0.15) is 0 Å². The third-order valence-corrected chi connectivity index (χ3v) is 18.8. The van der Waals surface area contributed by atoms with Gasteiger partial charge in [-0.1, -0.05) is 309 Å². The van der Waals surface area contributed by atoms with Crippen molar-refractivity contribution in [3.05, 3.63) is 268 Å². The Morgan fingerprint density at radius 1 is 0.300 bits per heavy atom. The van der Waals surface area contributed by atoms with Crippen LogP contribution in [0.4, 0.5) is 68.2 Å². The van der Waals surface area contributed by atoms with Crippen molar-refractivity contribution < 1.29 is 21.9 Å². The zero-order valence-corrected chi connectivity index (χ0v) is 66.6. The van der Waals surface area contributed by atoms with Gasteiger partial charge in [0.15, 0.2) is 0 Å². The molecule has 12 rings (SSSR count). The van der Waals surface area contributed by atoms with Crippen LogP contribution in [0.25, 0.3) is 0 Å². The summed E-state index contributed by atoms with van der Waals surface area (Å²) >= 11 is 9.70. The summed E-state index contributed by atoms with van der Waals surface area (Å²) in [5, 5.41) is 0.0179. The largest absolute Gasteiger partial charge is 0.311 e. The predicted octanol–water partition coefficient (Wildman–Crippen LogP) is 26.5. The Balaban J connectivity index is 0.000000240. The van der Waals surface area contributed by atoms with Gasteiger partial charge in [-0.25, -0.2) is 0 Å². The quantitative estimate of drug-likeness (QED) is 0.0854. The standard InChI is InChI=1S/C46H53BN2.C46H55ClN2.CH3I/c1-43(2,3)30-16-22-34(23-17-30)48-38-26-20-32(45(7,8)9)28-36(38)47-37-29-33(46(10,11)12)21-27-39(37)49(41-15-13-14-40(48)42(41)47)35-24-18-31(19-25-35)44(4,5)6;1-43(2,3)32-16-24-36(25-17-32)48(37-26-18-33(19-27-37)44(4,5)6)40-14-13-15-41(42(40)47)49(38-28-20-34(21-29-38)45(7,8)9)39-30-22-35(23-31-39)46(10,11)12;1-2/h13-29H,1-12H3;13-31H,1-12H3;1H3/i13D,20D,21D,26D,27D,28D,29D;13D,16D,17D,20D,21D,24D,25D,28D,29D;. The second-order valence-corrected chi connectivity index (χ2v) is 35.0. The third kappa shape index (κ3) is 15.8. The van der Waals surface area contributed by atoms with E-state index in [0.717, 1.165) is 39.1 Å². The van der Waals surface area contributed by atoms with E-state index in [2.05, 4.69) is 130 Å². The first-order valence-corrected chi connectivity index (χ1v) is 37.2. The molecular formula is C93H111BClIN4. The minimum Gasteiger partial charge on any atom is -0.311 e. The Bertz CT molecular complexity index is 5110. The zero-order valence-electron chi connectivity index (χ0n) is 79.7. The van der Waals surface area contributed by atoms with Crippen LogP contribution in [0.2, 0.25) is 5.02 Å². The molecule has 0 spiro atoms. The molecule has 0 unspecified atom stereocenters. The van der Waals surface area contributed by atoms with E-state index in [-0.39, 0.29) is 157 Å². The van der Waals surface area contributed by atoms with Gasteiger partial charge in [-0.05, 0) is 218 Å². The summed E-state index contributed by atoms with van der Waals surface area (Å²) in [4.78, 5) is 8.95. The molecule has 2 heterocycles. The minimum atomic E-state index is -0.794. The van der Waals surface area contributed by atoms with E-state index in [4.69, 9.17) is 17.1 Å². The van der Waals surface area contributed by atoms with Crippen molar-refractivity contribution in [1.29, 1.82) is 0 Å². The van der Waals surface area contributed by atoms with Gasteiger partial charge in [0, 0.05) is 56.9 Å². The summed E-state index contributed by atoms with van der Waals surface area (Å²) in [5.74, 6) is 0. The Labute approximate surface area is 645 Å². The Hall–Kier alpha value is -7.52. The van der Waals surface area contributed by atoms with Crippen LogP contribution in [0.5, 0.6) is 0 Å². The van der Waals surface area contributed by atoms with Gasteiger partial charge >= 0.3 is 0 Å². The maximum atomic E-state index is 10.1. The molecule has 10 aromatic carbocycles.